The van der Waals surface area contributed by atoms with Gasteiger partial charge in [-0.1, -0.05) is 55.8 Å². The number of piperazine rings is 1. The number of carbonyl (C=O) groups is 2. The van der Waals surface area contributed by atoms with E-state index in [2.05, 4.69) is 31.2 Å². The van der Waals surface area contributed by atoms with Crippen LogP contribution in [0.15, 0.2) is 59.1 Å². The second-order valence-electron chi connectivity index (χ2n) is 8.92. The van der Waals surface area contributed by atoms with E-state index in [0.717, 1.165) is 17.0 Å². The van der Waals surface area contributed by atoms with Crippen molar-refractivity contribution < 1.29 is 18.5 Å². The summed E-state index contributed by atoms with van der Waals surface area (Å²) < 4.78 is 18.4. The summed E-state index contributed by atoms with van der Waals surface area (Å²) in [6.45, 7) is 10.5. The van der Waals surface area contributed by atoms with E-state index in [-0.39, 0.29) is 29.4 Å². The fraction of sp³-hybridized carbons (Fsp3) is 0.346. The maximum atomic E-state index is 13.1. The molecule has 1 aliphatic rings. The van der Waals surface area contributed by atoms with Gasteiger partial charge in [0.25, 0.3) is 5.91 Å². The monoisotopic (exact) mass is 451 g/mol. The smallest absolute Gasteiger partial charge is 0.276 e. The molecule has 1 N–H and O–H groups in total. The van der Waals surface area contributed by atoms with E-state index < -0.39 is 6.04 Å². The van der Waals surface area contributed by atoms with Gasteiger partial charge in [0, 0.05) is 18.2 Å². The van der Waals surface area contributed by atoms with E-state index >= 15 is 0 Å². The summed E-state index contributed by atoms with van der Waals surface area (Å²) in [6.07, 6.45) is 0. The van der Waals surface area contributed by atoms with Crippen LogP contribution in [-0.4, -0.2) is 34.5 Å². The van der Waals surface area contributed by atoms with Crippen molar-refractivity contribution >= 4 is 11.8 Å². The largest absolute Gasteiger partial charge is 0.355 e. The van der Waals surface area contributed by atoms with Crippen molar-refractivity contribution in [2.45, 2.75) is 46.7 Å². The van der Waals surface area contributed by atoms with Crippen LogP contribution in [0.2, 0.25) is 0 Å². The van der Waals surface area contributed by atoms with Crippen molar-refractivity contribution in [3.63, 3.8) is 0 Å². The Bertz CT molecular complexity index is 1090. The van der Waals surface area contributed by atoms with E-state index in [1.165, 1.54) is 23.1 Å². The molecule has 174 valence electrons. The summed E-state index contributed by atoms with van der Waals surface area (Å²) in [5.41, 5.74) is 2.77. The number of nitrogens with zero attached hydrogens (tertiary/aromatic N) is 2. The van der Waals surface area contributed by atoms with Crippen molar-refractivity contribution in [1.82, 2.24) is 15.4 Å². The van der Waals surface area contributed by atoms with Crippen LogP contribution in [0.3, 0.4) is 0 Å². The molecule has 0 radical (unpaired) electrons. The lowest BCUT2D eigenvalue weighted by molar-refractivity contribution is -0.128. The van der Waals surface area contributed by atoms with Gasteiger partial charge < -0.3 is 14.7 Å². The molecule has 0 spiro atoms. The van der Waals surface area contributed by atoms with Gasteiger partial charge in [0.1, 0.15) is 11.9 Å². The number of aromatic nitrogens is 1. The van der Waals surface area contributed by atoms with Crippen LogP contribution < -0.4 is 5.32 Å². The number of halogens is 1. The maximum absolute atomic E-state index is 13.1. The van der Waals surface area contributed by atoms with Crippen molar-refractivity contribution in [2.75, 3.05) is 6.54 Å². The second kappa shape index (κ2) is 10.4. The quantitative estimate of drug-likeness (QED) is 0.597. The minimum absolute atomic E-state index is 0.105. The lowest BCUT2D eigenvalue weighted by atomic mass is 10.0. The zero-order valence-electron chi connectivity index (χ0n) is 19.6. The molecule has 2 amide bonds. The highest BCUT2D eigenvalue weighted by Crippen LogP contribution is 2.25. The average molecular weight is 452 g/mol. The third-order valence-corrected chi connectivity index (χ3v) is 5.14. The summed E-state index contributed by atoms with van der Waals surface area (Å²) >= 11 is 0. The molecular formula is C26H30FN3O3. The summed E-state index contributed by atoms with van der Waals surface area (Å²) in [4.78, 5) is 27.0. The summed E-state index contributed by atoms with van der Waals surface area (Å²) in [6, 6.07) is 14.1. The third kappa shape index (κ3) is 6.06. The first kappa shape index (κ1) is 24.2. The highest BCUT2D eigenvalue weighted by molar-refractivity contribution is 5.97. The molecule has 1 saturated heterocycles. The van der Waals surface area contributed by atoms with Crippen molar-refractivity contribution in [2.24, 2.45) is 5.92 Å². The number of hydrogen-bond acceptors (Lipinski definition) is 4. The molecule has 7 heteroatoms. The van der Waals surface area contributed by atoms with Crippen LogP contribution in [0.5, 0.6) is 0 Å². The topological polar surface area (TPSA) is 75.4 Å². The third-order valence-electron chi connectivity index (χ3n) is 5.14. The number of aryl methyl sites for hydroxylation is 1. The van der Waals surface area contributed by atoms with Gasteiger partial charge >= 0.3 is 0 Å². The molecule has 0 saturated carbocycles. The Kier molecular flexibility index (Phi) is 7.63. The first-order valence-electron chi connectivity index (χ1n) is 11.1. The van der Waals surface area contributed by atoms with Gasteiger partial charge in [0.2, 0.25) is 5.91 Å². The van der Waals surface area contributed by atoms with E-state index in [4.69, 9.17) is 4.52 Å². The van der Waals surface area contributed by atoms with Crippen LogP contribution in [0.1, 0.15) is 55.4 Å². The standard InChI is InChI=1S/C22H20FN3O3.C4H10/c1-13-3-5-15(6-4-13)19-12-26(14(2)21(27)24-19)22(28)18-11-20(29-25-18)16-7-9-17(23)10-8-16;1-4(2)3/h3-11,14,19H,12H2,1-2H3,(H,24,27);4H,1-3H3. The van der Waals surface area contributed by atoms with Crippen molar-refractivity contribution in [3.8, 4) is 11.3 Å². The fourth-order valence-corrected chi connectivity index (χ4v) is 3.35. The molecule has 4 rings (SSSR count). The van der Waals surface area contributed by atoms with E-state index in [0.29, 0.717) is 17.9 Å². The Morgan fingerprint density at radius 2 is 1.73 bits per heavy atom. The molecule has 0 bridgehead atoms. The summed E-state index contributed by atoms with van der Waals surface area (Å²) in [7, 11) is 0. The second-order valence-corrected chi connectivity index (χ2v) is 8.92. The molecule has 6 nitrogen and oxygen atoms in total. The molecule has 2 unspecified atom stereocenters. The van der Waals surface area contributed by atoms with Crippen LogP contribution in [0.4, 0.5) is 4.39 Å². The highest BCUT2D eigenvalue weighted by atomic mass is 19.1. The van der Waals surface area contributed by atoms with Crippen molar-refractivity contribution in [1.29, 1.82) is 0 Å². The van der Waals surface area contributed by atoms with Gasteiger partial charge in [0.05, 0.1) is 6.04 Å². The summed E-state index contributed by atoms with van der Waals surface area (Å²) in [5, 5.41) is 6.83. The Morgan fingerprint density at radius 3 is 2.33 bits per heavy atom. The molecule has 2 heterocycles. The van der Waals surface area contributed by atoms with Gasteiger partial charge in [-0.15, -0.1) is 0 Å². The maximum Gasteiger partial charge on any atom is 0.276 e. The SMILES string of the molecule is CC(C)C.Cc1ccc(C2CN(C(=O)c3cc(-c4ccc(F)cc4)on3)C(C)C(=O)N2)cc1. The van der Waals surface area contributed by atoms with Gasteiger partial charge in [0.15, 0.2) is 11.5 Å². The average Bonchev–Trinajstić information content (AvgIpc) is 3.26. The lowest BCUT2D eigenvalue weighted by Crippen LogP contribution is -2.57. The fourth-order valence-electron chi connectivity index (χ4n) is 3.35. The predicted octanol–water partition coefficient (Wildman–Crippen LogP) is 5.15. The van der Waals surface area contributed by atoms with Crippen molar-refractivity contribution in [3.05, 3.63) is 77.2 Å². The number of rotatable bonds is 3. The van der Waals surface area contributed by atoms with E-state index in [1.807, 2.05) is 31.2 Å². The van der Waals surface area contributed by atoms with Crippen LogP contribution >= 0.6 is 0 Å². The van der Waals surface area contributed by atoms with Gasteiger partial charge in [-0.2, -0.15) is 0 Å². The van der Waals surface area contributed by atoms with Crippen LogP contribution in [0, 0.1) is 18.7 Å². The molecule has 1 aliphatic heterocycles. The Balaban J connectivity index is 0.000000709. The van der Waals surface area contributed by atoms with Gasteiger partial charge in [-0.3, -0.25) is 9.59 Å². The molecule has 1 fully saturated rings. The minimum atomic E-state index is -0.629. The first-order chi connectivity index (χ1) is 15.7. The van der Waals surface area contributed by atoms with Crippen LogP contribution in [0.25, 0.3) is 11.3 Å². The number of carbonyl (C=O) groups excluding carboxylic acids is 2. The molecule has 2 atom stereocenters. The molecule has 2 aromatic carbocycles. The van der Waals surface area contributed by atoms with E-state index in [9.17, 15) is 14.0 Å². The zero-order valence-corrected chi connectivity index (χ0v) is 19.6. The Hall–Kier alpha value is -3.48. The highest BCUT2D eigenvalue weighted by Gasteiger charge is 2.36. The summed E-state index contributed by atoms with van der Waals surface area (Å²) in [5.74, 6) is 0.219. The Morgan fingerprint density at radius 1 is 1.12 bits per heavy atom. The number of amides is 2. The Labute approximate surface area is 193 Å². The molecular weight excluding hydrogens is 421 g/mol. The zero-order chi connectivity index (χ0) is 24.1. The number of hydrogen-bond donors (Lipinski definition) is 1. The minimum Gasteiger partial charge on any atom is -0.355 e. The molecule has 0 aliphatic carbocycles. The normalized spacial score (nSPS) is 17.9. The van der Waals surface area contributed by atoms with Gasteiger partial charge in [-0.25, -0.2) is 4.39 Å². The number of benzene rings is 2. The lowest BCUT2D eigenvalue weighted by Gasteiger charge is -2.37. The van der Waals surface area contributed by atoms with E-state index in [1.54, 1.807) is 19.1 Å². The molecule has 33 heavy (non-hydrogen) atoms. The number of nitrogens with one attached hydrogen (secondary N) is 1. The molecule has 3 aromatic rings. The first-order valence-corrected chi connectivity index (χ1v) is 11.1. The van der Waals surface area contributed by atoms with Crippen LogP contribution in [-0.2, 0) is 4.79 Å². The molecule has 1 aromatic heterocycles. The predicted molar refractivity (Wildman–Crippen MR) is 125 cm³/mol. The van der Waals surface area contributed by atoms with Gasteiger partial charge in [-0.05, 0) is 49.6 Å².